The van der Waals surface area contributed by atoms with Gasteiger partial charge in [0.1, 0.15) is 10.6 Å². The summed E-state index contributed by atoms with van der Waals surface area (Å²) >= 11 is 0. The van der Waals surface area contributed by atoms with Gasteiger partial charge in [0.05, 0.1) is 18.0 Å². The van der Waals surface area contributed by atoms with Gasteiger partial charge in [-0.2, -0.15) is 22.9 Å². The Labute approximate surface area is 212 Å². The summed E-state index contributed by atoms with van der Waals surface area (Å²) in [5, 5.41) is 10.7. The second-order valence-corrected chi connectivity index (χ2v) is 9.40. The van der Waals surface area contributed by atoms with Gasteiger partial charge in [0, 0.05) is 17.7 Å². The van der Waals surface area contributed by atoms with E-state index in [-0.39, 0.29) is 46.5 Å². The van der Waals surface area contributed by atoms with Gasteiger partial charge in [0.2, 0.25) is 5.71 Å². The number of nitrogens with two attached hydrogens (primary N) is 1. The summed E-state index contributed by atoms with van der Waals surface area (Å²) in [6, 6.07) is 8.47. The zero-order valence-electron chi connectivity index (χ0n) is 20.0. The molecule has 2 aromatic carbocycles. The Bertz CT molecular complexity index is 1410. The molecule has 1 heterocycles. The largest absolute Gasteiger partial charge is 0.446 e. The molecule has 1 aliphatic rings. The summed E-state index contributed by atoms with van der Waals surface area (Å²) in [5.74, 6) is -2.02. The van der Waals surface area contributed by atoms with Crippen molar-refractivity contribution in [3.63, 3.8) is 0 Å². The van der Waals surface area contributed by atoms with E-state index in [1.165, 1.54) is 16.7 Å². The van der Waals surface area contributed by atoms with Gasteiger partial charge in [-0.3, -0.25) is 14.9 Å². The van der Waals surface area contributed by atoms with Crippen LogP contribution in [0.2, 0.25) is 0 Å². The highest BCUT2D eigenvalue weighted by Gasteiger charge is 2.43. The normalized spacial score (nSPS) is 15.3. The van der Waals surface area contributed by atoms with E-state index in [2.05, 4.69) is 4.99 Å². The molecule has 0 aromatic heterocycles. The predicted octanol–water partition coefficient (Wildman–Crippen LogP) is 2.10. The average Bonchev–Trinajstić information content (AvgIpc) is 2.87. The monoisotopic (exact) mass is 530 g/mol. The first kappa shape index (κ1) is 27.1. The molecule has 2 N–H and O–H groups in total. The summed E-state index contributed by atoms with van der Waals surface area (Å²) < 4.78 is 31.3. The van der Waals surface area contributed by atoms with Crippen molar-refractivity contribution in [2.75, 3.05) is 13.1 Å². The molecule has 37 heavy (non-hydrogen) atoms. The van der Waals surface area contributed by atoms with Crippen LogP contribution >= 0.6 is 0 Å². The minimum Gasteiger partial charge on any atom is -0.379 e. The van der Waals surface area contributed by atoms with Crippen LogP contribution in [0.4, 0.5) is 10.5 Å². The Morgan fingerprint density at radius 3 is 2.24 bits per heavy atom. The Kier molecular flexibility index (Phi) is 8.12. The van der Waals surface area contributed by atoms with Gasteiger partial charge >= 0.3 is 22.1 Å². The number of hydrogen-bond donors (Lipinski definition) is 1. The van der Waals surface area contributed by atoms with Crippen molar-refractivity contribution in [2.45, 2.75) is 31.6 Å². The van der Waals surface area contributed by atoms with E-state index < -0.39 is 32.9 Å². The zero-order chi connectivity index (χ0) is 27.3. The topological polar surface area (TPSA) is 182 Å². The minimum atomic E-state index is -4.31. The number of benzene rings is 2. The molecule has 0 saturated carbocycles. The lowest BCUT2D eigenvalue weighted by atomic mass is 10.2. The van der Waals surface area contributed by atoms with Crippen molar-refractivity contribution in [3.8, 4) is 5.75 Å². The van der Waals surface area contributed by atoms with Crippen LogP contribution in [-0.2, 0) is 14.9 Å². The number of rotatable bonds is 9. The number of amides is 4. The maximum absolute atomic E-state index is 12.8. The Hall–Kier alpha value is -4.46. The fourth-order valence-corrected chi connectivity index (χ4v) is 4.33. The minimum absolute atomic E-state index is 0.0385. The number of carbonyl (C=O) groups is 3. The molecule has 4 amide bonds. The van der Waals surface area contributed by atoms with Gasteiger partial charge in [-0.05, 0) is 49.2 Å². The number of nitrogens with zero attached hydrogens (tertiary/aromatic N) is 4. The highest BCUT2D eigenvalue weighted by atomic mass is 32.2. The van der Waals surface area contributed by atoms with E-state index in [1.807, 2.05) is 6.92 Å². The lowest BCUT2D eigenvalue weighted by molar-refractivity contribution is -0.436. The molecule has 3 rings (SSSR count). The number of amidine groups is 1. The molecular formula is C23H24N5O8S+. The molecule has 0 radical (unpaired) electrons. The number of nitro benzene ring substituents is 1. The number of nitro groups is 1. The number of imide groups is 1. The second kappa shape index (κ2) is 11.1. The molecular weight excluding hydrogens is 506 g/mol. The lowest BCUT2D eigenvalue weighted by Crippen LogP contribution is -2.58. The first-order chi connectivity index (χ1) is 17.5. The third-order valence-electron chi connectivity index (χ3n) is 5.19. The average molecular weight is 531 g/mol. The van der Waals surface area contributed by atoms with Gasteiger partial charge < -0.3 is 9.92 Å². The lowest BCUT2D eigenvalue weighted by Gasteiger charge is -2.22. The summed E-state index contributed by atoms with van der Waals surface area (Å²) in [4.78, 5) is 52.9. The van der Waals surface area contributed by atoms with E-state index in [9.17, 15) is 32.9 Å². The number of hydrogen-bond acceptors (Lipinski definition) is 9. The highest BCUT2D eigenvalue weighted by Crippen LogP contribution is 2.22. The molecule has 0 spiro atoms. The molecule has 13 nitrogen and oxygen atoms in total. The van der Waals surface area contributed by atoms with Crippen LogP contribution in [0, 0.1) is 10.1 Å². The first-order valence-corrected chi connectivity index (χ1v) is 12.6. The molecule has 194 valence electrons. The molecule has 0 aliphatic carbocycles. The van der Waals surface area contributed by atoms with Crippen LogP contribution in [-0.4, -0.2) is 65.3 Å². The Balaban J connectivity index is 1.86. The molecule has 14 heteroatoms. The highest BCUT2D eigenvalue weighted by molar-refractivity contribution is 7.87. The van der Waals surface area contributed by atoms with Crippen molar-refractivity contribution < 1.29 is 36.5 Å². The van der Waals surface area contributed by atoms with Crippen molar-refractivity contribution in [2.24, 2.45) is 10.7 Å². The zero-order valence-corrected chi connectivity index (χ0v) is 20.8. The van der Waals surface area contributed by atoms with E-state index in [0.29, 0.717) is 12.8 Å². The molecule has 0 unspecified atom stereocenters. The van der Waals surface area contributed by atoms with Gasteiger partial charge in [0.15, 0.2) is 0 Å². The van der Waals surface area contributed by atoms with E-state index in [1.54, 1.807) is 6.92 Å². The maximum Gasteiger partial charge on any atom is 0.446 e. The van der Waals surface area contributed by atoms with Crippen LogP contribution < -0.4 is 9.92 Å². The number of non-ortho nitro benzene ring substituents is 1. The van der Waals surface area contributed by atoms with Gasteiger partial charge in [-0.1, -0.05) is 13.8 Å². The summed E-state index contributed by atoms with van der Waals surface area (Å²) in [6.45, 7) is 3.96. The fourth-order valence-electron chi connectivity index (χ4n) is 3.39. The molecule has 1 aliphatic heterocycles. The van der Waals surface area contributed by atoms with Crippen molar-refractivity contribution in [1.82, 2.24) is 4.90 Å². The van der Waals surface area contributed by atoms with Crippen LogP contribution in [0.1, 0.15) is 37.0 Å². The van der Waals surface area contributed by atoms with Crippen molar-refractivity contribution in [1.29, 1.82) is 0 Å². The summed E-state index contributed by atoms with van der Waals surface area (Å²) in [7, 11) is -4.31. The molecule has 0 saturated heterocycles. The van der Waals surface area contributed by atoms with E-state index in [4.69, 9.17) is 9.92 Å². The van der Waals surface area contributed by atoms with Crippen LogP contribution in [0.15, 0.2) is 58.4 Å². The van der Waals surface area contributed by atoms with Gasteiger partial charge in [0.25, 0.3) is 17.4 Å². The Morgan fingerprint density at radius 1 is 1.08 bits per heavy atom. The number of urea groups is 1. The fraction of sp³-hybridized carbons (Fsp3) is 0.261. The third-order valence-corrected chi connectivity index (χ3v) is 6.46. The quantitative estimate of drug-likeness (QED) is 0.219. The van der Waals surface area contributed by atoms with Crippen LogP contribution in [0.5, 0.6) is 5.75 Å². The van der Waals surface area contributed by atoms with Gasteiger partial charge in [-0.25, -0.2) is 9.59 Å². The number of aliphatic imine (C=N–C) groups is 1. The SMILES string of the molecule is CCCN1C(=O)C(=NC(=O)c2ccc(S(=O)(=O)Oc3ccc([N+](=O)[O-])cc3)cc2)C(N)=[N+](CCC)C1=O. The van der Waals surface area contributed by atoms with Crippen LogP contribution in [0.25, 0.3) is 0 Å². The Morgan fingerprint density at radius 2 is 1.70 bits per heavy atom. The number of carbonyl (C=O) groups excluding carboxylic acids is 3. The van der Waals surface area contributed by atoms with Crippen LogP contribution in [0.3, 0.4) is 0 Å². The van der Waals surface area contributed by atoms with Crippen molar-refractivity contribution in [3.05, 3.63) is 64.2 Å². The van der Waals surface area contributed by atoms with Crippen molar-refractivity contribution >= 4 is 45.2 Å². The summed E-state index contributed by atoms with van der Waals surface area (Å²) in [6.07, 6.45) is 1.05. The second-order valence-electron chi connectivity index (χ2n) is 7.85. The first-order valence-electron chi connectivity index (χ1n) is 11.2. The van der Waals surface area contributed by atoms with E-state index in [0.717, 1.165) is 41.3 Å². The smallest absolute Gasteiger partial charge is 0.379 e. The van der Waals surface area contributed by atoms with E-state index >= 15 is 0 Å². The molecule has 0 atom stereocenters. The predicted molar refractivity (Wildman–Crippen MR) is 131 cm³/mol. The molecule has 0 bridgehead atoms. The molecule has 0 fully saturated rings. The van der Waals surface area contributed by atoms with Gasteiger partial charge in [-0.15, -0.1) is 0 Å². The summed E-state index contributed by atoms with van der Waals surface area (Å²) in [5.41, 5.74) is 5.37. The third kappa shape index (κ3) is 5.86. The standard InChI is InChI=1S/C23H23N5O8S/c1-3-13-26-20(24)19(22(30)27(14-4-2)23(26)31)25-21(29)15-5-11-18(12-6-15)37(34,35)36-17-9-7-16(8-10-17)28(32)33/h5-12,24H,3-4,13-14H2,1-2H3/p+1. The maximum atomic E-state index is 12.8. The molecule has 2 aromatic rings.